The van der Waals surface area contributed by atoms with E-state index in [1.165, 1.54) is 38.1 Å². The van der Waals surface area contributed by atoms with Crippen LogP contribution < -0.4 is 20.3 Å². The van der Waals surface area contributed by atoms with E-state index in [4.69, 9.17) is 4.74 Å². The van der Waals surface area contributed by atoms with Crippen LogP contribution in [0.4, 0.5) is 17.1 Å². The SMILES string of the molecule is CC(=O)Nc1ccc(S(=O)(=O)N[C@@H](C)C(=O)Nc2ccc(N3CCOCC3)cc2C)cc1. The summed E-state index contributed by atoms with van der Waals surface area (Å²) in [5.41, 5.74) is 3.04. The van der Waals surface area contributed by atoms with Gasteiger partial charge in [0.2, 0.25) is 21.8 Å². The van der Waals surface area contributed by atoms with Gasteiger partial charge >= 0.3 is 0 Å². The van der Waals surface area contributed by atoms with Gasteiger partial charge in [-0.3, -0.25) is 9.59 Å². The monoisotopic (exact) mass is 460 g/mol. The first-order valence-electron chi connectivity index (χ1n) is 10.3. The number of rotatable bonds is 7. The highest BCUT2D eigenvalue weighted by Crippen LogP contribution is 2.24. The van der Waals surface area contributed by atoms with Crippen LogP contribution in [0, 0.1) is 6.92 Å². The molecule has 0 radical (unpaired) electrons. The second-order valence-corrected chi connectivity index (χ2v) is 9.35. The number of hydrogen-bond acceptors (Lipinski definition) is 6. The van der Waals surface area contributed by atoms with Gasteiger partial charge in [-0.15, -0.1) is 0 Å². The normalized spacial score (nSPS) is 15.2. The Labute approximate surface area is 188 Å². The molecule has 0 unspecified atom stereocenters. The Hall–Kier alpha value is -2.95. The van der Waals surface area contributed by atoms with Crippen LogP contribution in [0.25, 0.3) is 0 Å². The lowest BCUT2D eigenvalue weighted by molar-refractivity contribution is -0.117. The molecule has 2 aromatic carbocycles. The molecular formula is C22H28N4O5S. The van der Waals surface area contributed by atoms with Gasteiger partial charge in [0.05, 0.1) is 24.2 Å². The Bertz CT molecular complexity index is 1080. The number of anilines is 3. The van der Waals surface area contributed by atoms with Crippen molar-refractivity contribution in [3.8, 4) is 0 Å². The van der Waals surface area contributed by atoms with Crippen molar-refractivity contribution >= 4 is 38.9 Å². The quantitative estimate of drug-likeness (QED) is 0.583. The molecule has 3 rings (SSSR count). The molecule has 1 heterocycles. The summed E-state index contributed by atoms with van der Waals surface area (Å²) < 4.78 is 33.0. The third kappa shape index (κ3) is 6.06. The van der Waals surface area contributed by atoms with Gasteiger partial charge in [0, 0.05) is 37.1 Å². The number of aryl methyl sites for hydroxylation is 1. The number of benzene rings is 2. The number of nitrogens with zero attached hydrogens (tertiary/aromatic N) is 1. The van der Waals surface area contributed by atoms with Crippen molar-refractivity contribution in [2.75, 3.05) is 41.8 Å². The summed E-state index contributed by atoms with van der Waals surface area (Å²) in [7, 11) is -3.92. The lowest BCUT2D eigenvalue weighted by Crippen LogP contribution is -2.41. The highest BCUT2D eigenvalue weighted by atomic mass is 32.2. The first-order chi connectivity index (χ1) is 15.2. The van der Waals surface area contributed by atoms with Gasteiger partial charge in [0.25, 0.3) is 0 Å². The summed E-state index contributed by atoms with van der Waals surface area (Å²) in [6, 6.07) is 10.5. The van der Waals surface area contributed by atoms with E-state index in [9.17, 15) is 18.0 Å². The Morgan fingerprint density at radius 2 is 1.69 bits per heavy atom. The predicted molar refractivity (Wildman–Crippen MR) is 123 cm³/mol. The van der Waals surface area contributed by atoms with Crippen molar-refractivity contribution < 1.29 is 22.7 Å². The summed E-state index contributed by atoms with van der Waals surface area (Å²) >= 11 is 0. The van der Waals surface area contributed by atoms with E-state index in [1.807, 2.05) is 25.1 Å². The average molecular weight is 461 g/mol. The van der Waals surface area contributed by atoms with Crippen molar-refractivity contribution in [3.05, 3.63) is 48.0 Å². The lowest BCUT2D eigenvalue weighted by Gasteiger charge is -2.29. The third-order valence-corrected chi connectivity index (χ3v) is 6.61. The fraction of sp³-hybridized carbons (Fsp3) is 0.364. The van der Waals surface area contributed by atoms with E-state index in [1.54, 1.807) is 0 Å². The van der Waals surface area contributed by atoms with Crippen molar-refractivity contribution in [2.45, 2.75) is 31.7 Å². The molecule has 1 aliphatic rings. The number of carbonyl (C=O) groups excluding carboxylic acids is 2. The molecule has 2 aromatic rings. The first-order valence-corrected chi connectivity index (χ1v) is 11.8. The van der Waals surface area contributed by atoms with Gasteiger partial charge in [0.15, 0.2) is 0 Å². The molecule has 0 aliphatic carbocycles. The maximum Gasteiger partial charge on any atom is 0.242 e. The molecule has 0 spiro atoms. The van der Waals surface area contributed by atoms with E-state index in [-0.39, 0.29) is 10.8 Å². The third-order valence-electron chi connectivity index (χ3n) is 5.05. The molecule has 0 bridgehead atoms. The summed E-state index contributed by atoms with van der Waals surface area (Å²) in [6.07, 6.45) is 0. The zero-order valence-electron chi connectivity index (χ0n) is 18.3. The van der Waals surface area contributed by atoms with E-state index in [0.29, 0.717) is 24.6 Å². The van der Waals surface area contributed by atoms with Crippen LogP contribution in [0.1, 0.15) is 19.4 Å². The maximum absolute atomic E-state index is 12.6. The smallest absolute Gasteiger partial charge is 0.242 e. The van der Waals surface area contributed by atoms with Crippen LogP contribution in [0.15, 0.2) is 47.4 Å². The van der Waals surface area contributed by atoms with Gasteiger partial charge < -0.3 is 20.3 Å². The number of hydrogen-bond donors (Lipinski definition) is 3. The van der Waals surface area contributed by atoms with Crippen LogP contribution in [0.3, 0.4) is 0 Å². The molecule has 10 heteroatoms. The number of nitrogens with one attached hydrogen (secondary N) is 3. The van der Waals surface area contributed by atoms with Crippen molar-refractivity contribution in [1.29, 1.82) is 0 Å². The second kappa shape index (κ2) is 10.1. The number of ether oxygens (including phenoxy) is 1. The predicted octanol–water partition coefficient (Wildman–Crippen LogP) is 2.10. The van der Waals surface area contributed by atoms with Crippen LogP contribution in [0.5, 0.6) is 0 Å². The zero-order chi connectivity index (χ0) is 23.3. The molecule has 1 fully saturated rings. The molecule has 0 aromatic heterocycles. The molecule has 2 amide bonds. The van der Waals surface area contributed by atoms with Gasteiger partial charge in [-0.05, 0) is 61.9 Å². The largest absolute Gasteiger partial charge is 0.378 e. The van der Waals surface area contributed by atoms with Crippen LogP contribution in [-0.4, -0.2) is 52.6 Å². The lowest BCUT2D eigenvalue weighted by atomic mass is 10.1. The van der Waals surface area contributed by atoms with E-state index < -0.39 is 22.0 Å². The standard InChI is InChI=1S/C22H28N4O5S/c1-15-14-19(26-10-12-31-13-11-26)6-9-21(15)24-22(28)16(2)25-32(29,30)20-7-4-18(5-8-20)23-17(3)27/h4-9,14,16,25H,10-13H2,1-3H3,(H,23,27)(H,24,28)/t16-/m0/s1. The Morgan fingerprint density at radius 3 is 2.28 bits per heavy atom. The van der Waals surface area contributed by atoms with Crippen LogP contribution in [0.2, 0.25) is 0 Å². The molecule has 1 aliphatic heterocycles. The summed E-state index contributed by atoms with van der Waals surface area (Å²) in [4.78, 5) is 25.9. The minimum Gasteiger partial charge on any atom is -0.378 e. The molecule has 0 saturated carbocycles. The number of morpholine rings is 1. The molecule has 1 atom stereocenters. The van der Waals surface area contributed by atoms with Gasteiger partial charge in [-0.25, -0.2) is 8.42 Å². The number of carbonyl (C=O) groups is 2. The molecule has 32 heavy (non-hydrogen) atoms. The maximum atomic E-state index is 12.6. The van der Waals surface area contributed by atoms with Crippen LogP contribution in [-0.2, 0) is 24.3 Å². The Morgan fingerprint density at radius 1 is 1.03 bits per heavy atom. The van der Waals surface area contributed by atoms with E-state index in [2.05, 4.69) is 20.3 Å². The van der Waals surface area contributed by atoms with Crippen molar-refractivity contribution in [2.24, 2.45) is 0 Å². The summed E-state index contributed by atoms with van der Waals surface area (Å²) in [5.74, 6) is -0.719. The second-order valence-electron chi connectivity index (χ2n) is 7.64. The fourth-order valence-corrected chi connectivity index (χ4v) is 4.53. The highest BCUT2D eigenvalue weighted by molar-refractivity contribution is 7.89. The minimum absolute atomic E-state index is 0.00250. The first kappa shape index (κ1) is 23.7. The molecule has 3 N–H and O–H groups in total. The van der Waals surface area contributed by atoms with E-state index in [0.717, 1.165) is 24.3 Å². The fourth-order valence-electron chi connectivity index (χ4n) is 3.32. The van der Waals surface area contributed by atoms with Gasteiger partial charge in [-0.2, -0.15) is 4.72 Å². The summed E-state index contributed by atoms with van der Waals surface area (Å²) in [6.45, 7) is 7.74. The molecule has 9 nitrogen and oxygen atoms in total. The highest BCUT2D eigenvalue weighted by Gasteiger charge is 2.23. The van der Waals surface area contributed by atoms with Gasteiger partial charge in [0.1, 0.15) is 0 Å². The van der Waals surface area contributed by atoms with E-state index >= 15 is 0 Å². The minimum atomic E-state index is -3.92. The Balaban J connectivity index is 1.63. The molecular weight excluding hydrogens is 432 g/mol. The van der Waals surface area contributed by atoms with Crippen LogP contribution >= 0.6 is 0 Å². The average Bonchev–Trinajstić information content (AvgIpc) is 2.75. The van der Waals surface area contributed by atoms with Crippen molar-refractivity contribution in [1.82, 2.24) is 4.72 Å². The molecule has 1 saturated heterocycles. The number of sulfonamides is 1. The molecule has 172 valence electrons. The zero-order valence-corrected chi connectivity index (χ0v) is 19.2. The van der Waals surface area contributed by atoms with Gasteiger partial charge in [-0.1, -0.05) is 0 Å². The Kier molecular flexibility index (Phi) is 7.49. The van der Waals surface area contributed by atoms with Crippen molar-refractivity contribution in [3.63, 3.8) is 0 Å². The summed E-state index contributed by atoms with van der Waals surface area (Å²) in [5, 5.41) is 5.36. The topological polar surface area (TPSA) is 117 Å². The number of amides is 2.